The minimum Gasteiger partial charge on any atom is -0.494 e. The highest BCUT2D eigenvalue weighted by Crippen LogP contribution is 2.26. The molecule has 3 aromatic carbocycles. The second-order valence-corrected chi connectivity index (χ2v) is 8.52. The van der Waals surface area contributed by atoms with Gasteiger partial charge in [-0.1, -0.05) is 18.2 Å². The molecule has 0 atom stereocenters. The van der Waals surface area contributed by atoms with E-state index in [2.05, 4.69) is 14.8 Å². The van der Waals surface area contributed by atoms with Crippen LogP contribution in [0.25, 0.3) is 0 Å². The van der Waals surface area contributed by atoms with E-state index in [9.17, 15) is 22.0 Å². The van der Waals surface area contributed by atoms with Crippen molar-refractivity contribution < 1.29 is 31.5 Å². The maximum atomic E-state index is 13.0. The molecule has 0 aliphatic heterocycles. The van der Waals surface area contributed by atoms with Crippen molar-refractivity contribution in [3.63, 3.8) is 0 Å². The Bertz CT molecular complexity index is 1230. The molecule has 0 saturated carbocycles. The summed E-state index contributed by atoms with van der Waals surface area (Å²) in [6, 6.07) is 16.3. The summed E-state index contributed by atoms with van der Waals surface area (Å²) in [5.41, 5.74) is 0.845. The average Bonchev–Trinajstić information content (AvgIpc) is 2.76. The van der Waals surface area contributed by atoms with Crippen molar-refractivity contribution in [3.05, 3.63) is 77.9 Å². The minimum absolute atomic E-state index is 0.0497. The van der Waals surface area contributed by atoms with Gasteiger partial charge in [0.05, 0.1) is 17.1 Å². The topological polar surface area (TPSA) is 93.7 Å². The summed E-state index contributed by atoms with van der Waals surface area (Å²) in [6.07, 6.45) is 0. The number of hydrogen-bond acceptors (Lipinski definition) is 5. The molecule has 0 bridgehead atoms. The van der Waals surface area contributed by atoms with E-state index in [-0.39, 0.29) is 21.9 Å². The van der Waals surface area contributed by atoms with Gasteiger partial charge >= 0.3 is 6.61 Å². The summed E-state index contributed by atoms with van der Waals surface area (Å²) >= 11 is 0. The largest absolute Gasteiger partial charge is 0.494 e. The first kappa shape index (κ1) is 24.0. The Morgan fingerprint density at radius 3 is 2.33 bits per heavy atom. The number of alkyl halides is 2. The maximum absolute atomic E-state index is 13.0. The van der Waals surface area contributed by atoms with Crippen LogP contribution in [-0.4, -0.2) is 27.5 Å². The van der Waals surface area contributed by atoms with Crippen LogP contribution in [0.2, 0.25) is 0 Å². The third-order valence-corrected chi connectivity index (χ3v) is 6.02. The molecule has 3 aromatic rings. The Morgan fingerprint density at radius 2 is 1.67 bits per heavy atom. The normalized spacial score (nSPS) is 11.2. The Balaban J connectivity index is 1.82. The van der Waals surface area contributed by atoms with Gasteiger partial charge in [0.1, 0.15) is 11.5 Å². The second kappa shape index (κ2) is 10.3. The number of para-hydroxylation sites is 1. The molecule has 1 amide bonds. The number of carbonyl (C=O) groups excluding carboxylic acids is 1. The van der Waals surface area contributed by atoms with Crippen molar-refractivity contribution in [3.8, 4) is 11.5 Å². The Kier molecular flexibility index (Phi) is 7.49. The number of halogens is 2. The molecule has 0 heterocycles. The third-order valence-electron chi connectivity index (χ3n) is 4.50. The van der Waals surface area contributed by atoms with Gasteiger partial charge in [-0.2, -0.15) is 8.78 Å². The number of carbonyl (C=O) groups is 1. The number of ether oxygens (including phenoxy) is 2. The summed E-state index contributed by atoms with van der Waals surface area (Å²) in [6.45, 7) is 0.852. The van der Waals surface area contributed by atoms with E-state index in [0.29, 0.717) is 23.6 Å². The van der Waals surface area contributed by atoms with Crippen molar-refractivity contribution in [2.24, 2.45) is 0 Å². The second-order valence-electron chi connectivity index (χ2n) is 6.87. The molecular formula is C23H22F2N2O5S. The molecule has 0 saturated heterocycles. The van der Waals surface area contributed by atoms with Crippen molar-refractivity contribution in [1.29, 1.82) is 0 Å². The molecule has 3 rings (SSSR count). The van der Waals surface area contributed by atoms with Crippen LogP contribution in [0.15, 0.2) is 71.6 Å². The lowest BCUT2D eigenvalue weighted by Gasteiger charge is -2.14. The fraction of sp³-hybridized carbons (Fsp3) is 0.174. The lowest BCUT2D eigenvalue weighted by atomic mass is 10.1. The lowest BCUT2D eigenvalue weighted by molar-refractivity contribution is -0.0501. The van der Waals surface area contributed by atoms with Crippen molar-refractivity contribution >= 4 is 27.3 Å². The van der Waals surface area contributed by atoms with Gasteiger partial charge in [0, 0.05) is 11.4 Å². The summed E-state index contributed by atoms with van der Waals surface area (Å²) in [5.74, 6) is -0.405. The van der Waals surface area contributed by atoms with Gasteiger partial charge in [0.15, 0.2) is 0 Å². The van der Waals surface area contributed by atoms with Crippen LogP contribution in [0.1, 0.15) is 22.8 Å². The van der Waals surface area contributed by atoms with Gasteiger partial charge in [-0.05, 0) is 67.9 Å². The first-order chi connectivity index (χ1) is 15.7. The molecule has 0 unspecified atom stereocenters. The van der Waals surface area contributed by atoms with Gasteiger partial charge in [-0.3, -0.25) is 9.52 Å². The molecule has 0 fully saturated rings. The van der Waals surface area contributed by atoms with E-state index < -0.39 is 22.5 Å². The molecule has 7 nitrogen and oxygen atoms in total. The summed E-state index contributed by atoms with van der Waals surface area (Å²) in [4.78, 5) is 12.6. The summed E-state index contributed by atoms with van der Waals surface area (Å²) < 4.78 is 63.4. The predicted octanol–water partition coefficient (Wildman–Crippen LogP) is 5.05. The molecule has 0 radical (unpaired) electrons. The monoisotopic (exact) mass is 476 g/mol. The third kappa shape index (κ3) is 6.19. The van der Waals surface area contributed by atoms with Crippen molar-refractivity contribution in [2.75, 3.05) is 16.6 Å². The fourth-order valence-electron chi connectivity index (χ4n) is 3.01. The Hall–Kier alpha value is -3.66. The van der Waals surface area contributed by atoms with Crippen molar-refractivity contribution in [2.45, 2.75) is 25.4 Å². The molecule has 0 spiro atoms. The van der Waals surface area contributed by atoms with E-state index in [1.54, 1.807) is 31.2 Å². The molecular weight excluding hydrogens is 454 g/mol. The quantitative estimate of drug-likeness (QED) is 0.451. The zero-order valence-corrected chi connectivity index (χ0v) is 18.7. The van der Waals surface area contributed by atoms with Gasteiger partial charge in [-0.15, -0.1) is 0 Å². The summed E-state index contributed by atoms with van der Waals surface area (Å²) in [5, 5.41) is 2.52. The maximum Gasteiger partial charge on any atom is 0.387 e. The Morgan fingerprint density at radius 1 is 1.00 bits per heavy atom. The minimum atomic E-state index is -3.98. The number of aryl methyl sites for hydroxylation is 1. The smallest absolute Gasteiger partial charge is 0.387 e. The highest BCUT2D eigenvalue weighted by atomic mass is 32.2. The molecule has 10 heteroatoms. The Labute approximate surface area is 190 Å². The van der Waals surface area contributed by atoms with Gasteiger partial charge in [0.25, 0.3) is 15.9 Å². The number of rotatable bonds is 9. The number of amides is 1. The number of nitrogens with one attached hydrogen (secondary N) is 2. The molecule has 2 N–H and O–H groups in total. The van der Waals surface area contributed by atoms with Crippen LogP contribution in [0, 0.1) is 6.92 Å². The number of anilines is 2. The zero-order chi connectivity index (χ0) is 24.0. The molecule has 33 heavy (non-hydrogen) atoms. The van der Waals surface area contributed by atoms with E-state index in [1.807, 2.05) is 6.92 Å². The molecule has 0 aliphatic rings. The van der Waals surface area contributed by atoms with E-state index >= 15 is 0 Å². The summed E-state index contributed by atoms with van der Waals surface area (Å²) in [7, 11) is -3.98. The highest BCUT2D eigenvalue weighted by molar-refractivity contribution is 7.92. The van der Waals surface area contributed by atoms with Crippen LogP contribution in [0.4, 0.5) is 20.2 Å². The number of hydrogen-bond donors (Lipinski definition) is 2. The standard InChI is InChI=1S/C23H22F2N2O5S/c1-3-31-18-12-10-16(11-13-18)27-33(29,30)21-14-17(9-8-15(21)2)26-22(28)19-6-4-5-7-20(19)32-23(24)25/h4-14,23,27H,3H2,1-2H3,(H,26,28). The number of sulfonamides is 1. The van der Waals surface area contributed by atoms with E-state index in [0.717, 1.165) is 0 Å². The molecule has 0 aromatic heterocycles. The predicted molar refractivity (Wildman–Crippen MR) is 121 cm³/mol. The van der Waals surface area contributed by atoms with E-state index in [4.69, 9.17) is 4.74 Å². The first-order valence-electron chi connectivity index (χ1n) is 9.91. The molecule has 174 valence electrons. The van der Waals surface area contributed by atoms with Gasteiger partial charge in [-0.25, -0.2) is 8.42 Å². The van der Waals surface area contributed by atoms with Gasteiger partial charge in [0.2, 0.25) is 0 Å². The van der Waals surface area contributed by atoms with Crippen LogP contribution >= 0.6 is 0 Å². The van der Waals surface area contributed by atoms with E-state index in [1.165, 1.54) is 42.5 Å². The van der Waals surface area contributed by atoms with Crippen LogP contribution in [-0.2, 0) is 10.0 Å². The fourth-order valence-corrected chi connectivity index (χ4v) is 4.35. The number of benzene rings is 3. The lowest BCUT2D eigenvalue weighted by Crippen LogP contribution is -2.17. The van der Waals surface area contributed by atoms with Crippen LogP contribution < -0.4 is 19.5 Å². The van der Waals surface area contributed by atoms with Crippen molar-refractivity contribution in [1.82, 2.24) is 0 Å². The van der Waals surface area contributed by atoms with Crippen LogP contribution in [0.3, 0.4) is 0 Å². The highest BCUT2D eigenvalue weighted by Gasteiger charge is 2.20. The average molecular weight is 477 g/mol. The SMILES string of the molecule is CCOc1ccc(NS(=O)(=O)c2cc(NC(=O)c3ccccc3OC(F)F)ccc2C)cc1. The zero-order valence-electron chi connectivity index (χ0n) is 17.8. The molecule has 0 aliphatic carbocycles. The van der Waals surface area contributed by atoms with Crippen LogP contribution in [0.5, 0.6) is 11.5 Å². The first-order valence-corrected chi connectivity index (χ1v) is 11.4. The van der Waals surface area contributed by atoms with Gasteiger partial charge < -0.3 is 14.8 Å².